The number of amides is 1. The van der Waals surface area contributed by atoms with E-state index in [2.05, 4.69) is 10.4 Å². The van der Waals surface area contributed by atoms with Gasteiger partial charge in [-0.1, -0.05) is 17.7 Å². The molecule has 2 aromatic rings. The van der Waals surface area contributed by atoms with E-state index in [0.29, 0.717) is 17.1 Å². The zero-order valence-electron chi connectivity index (χ0n) is 16.0. The number of anilines is 1. The first-order chi connectivity index (χ1) is 12.2. The highest BCUT2D eigenvalue weighted by molar-refractivity contribution is 5.96. The van der Waals surface area contributed by atoms with Crippen LogP contribution in [0.5, 0.6) is 5.75 Å². The minimum absolute atomic E-state index is 0.0351. The number of nitrogens with one attached hydrogen (secondary N) is 1. The van der Waals surface area contributed by atoms with Crippen LogP contribution in [-0.2, 0) is 27.8 Å². The third-order valence-electron chi connectivity index (χ3n) is 4.21. The topological polar surface area (TPSA) is 82.4 Å². The lowest BCUT2D eigenvalue weighted by atomic mass is 10.1. The minimum Gasteiger partial charge on any atom is -0.496 e. The molecule has 1 aromatic carbocycles. The first-order valence-electron chi connectivity index (χ1n) is 8.37. The smallest absolute Gasteiger partial charge is 0.311 e. The molecule has 1 aromatic heterocycles. The summed E-state index contributed by atoms with van der Waals surface area (Å²) in [6.07, 6.45) is -0.884. The van der Waals surface area contributed by atoms with Gasteiger partial charge >= 0.3 is 5.97 Å². The second-order valence-corrected chi connectivity index (χ2v) is 6.28. The Morgan fingerprint density at radius 3 is 2.54 bits per heavy atom. The van der Waals surface area contributed by atoms with Gasteiger partial charge in [0.2, 0.25) is 0 Å². The van der Waals surface area contributed by atoms with Crippen LogP contribution in [0, 0.1) is 20.8 Å². The lowest BCUT2D eigenvalue weighted by Gasteiger charge is -2.15. The average molecular weight is 359 g/mol. The summed E-state index contributed by atoms with van der Waals surface area (Å²) < 4.78 is 12.2. The van der Waals surface area contributed by atoms with E-state index >= 15 is 0 Å². The number of carbonyl (C=O) groups excluding carboxylic acids is 2. The van der Waals surface area contributed by atoms with Gasteiger partial charge in [0.25, 0.3) is 5.91 Å². The third kappa shape index (κ3) is 4.41. The molecule has 2 rings (SSSR count). The van der Waals surface area contributed by atoms with Gasteiger partial charge in [-0.15, -0.1) is 0 Å². The Bertz CT molecular complexity index is 826. The number of ether oxygens (including phenoxy) is 2. The monoisotopic (exact) mass is 359 g/mol. The van der Waals surface area contributed by atoms with Crippen molar-refractivity contribution in [3.05, 3.63) is 40.7 Å². The molecular weight excluding hydrogens is 334 g/mol. The Morgan fingerprint density at radius 2 is 1.96 bits per heavy atom. The van der Waals surface area contributed by atoms with E-state index < -0.39 is 18.0 Å². The van der Waals surface area contributed by atoms with Crippen LogP contribution in [0.3, 0.4) is 0 Å². The minimum atomic E-state index is -0.919. The second-order valence-electron chi connectivity index (χ2n) is 6.28. The van der Waals surface area contributed by atoms with Gasteiger partial charge in [0, 0.05) is 12.6 Å². The number of aryl methyl sites for hydroxylation is 3. The van der Waals surface area contributed by atoms with E-state index in [1.807, 2.05) is 39.0 Å². The molecule has 0 aliphatic heterocycles. The maximum absolute atomic E-state index is 12.3. The molecule has 0 fully saturated rings. The molecule has 1 amide bonds. The van der Waals surface area contributed by atoms with Crippen molar-refractivity contribution in [2.45, 2.75) is 40.2 Å². The molecule has 0 aliphatic rings. The number of methoxy groups -OCH3 is 1. The number of hydrogen-bond donors (Lipinski definition) is 1. The SMILES string of the molecule is COc1ccc(C)cc1CC(=O)O[C@@H](C)C(=O)Nc1c(C)nn(C)c1C. The van der Waals surface area contributed by atoms with Crippen LogP contribution in [0.4, 0.5) is 5.69 Å². The highest BCUT2D eigenvalue weighted by Crippen LogP contribution is 2.21. The molecule has 0 aliphatic carbocycles. The summed E-state index contributed by atoms with van der Waals surface area (Å²) in [6, 6.07) is 5.58. The van der Waals surface area contributed by atoms with Crippen LogP contribution in [-0.4, -0.2) is 34.9 Å². The number of esters is 1. The zero-order chi connectivity index (χ0) is 19.4. The Hall–Kier alpha value is -2.83. The molecule has 1 heterocycles. The van der Waals surface area contributed by atoms with Crippen LogP contribution in [0.25, 0.3) is 0 Å². The van der Waals surface area contributed by atoms with Gasteiger partial charge < -0.3 is 14.8 Å². The molecule has 0 unspecified atom stereocenters. The predicted molar refractivity (Wildman–Crippen MR) is 98.3 cm³/mol. The molecule has 1 atom stereocenters. The maximum Gasteiger partial charge on any atom is 0.311 e. The summed E-state index contributed by atoms with van der Waals surface area (Å²) in [6.45, 7) is 7.14. The fourth-order valence-electron chi connectivity index (χ4n) is 2.67. The van der Waals surface area contributed by atoms with E-state index in [1.165, 1.54) is 0 Å². The number of nitrogens with zero attached hydrogens (tertiary/aromatic N) is 2. The zero-order valence-corrected chi connectivity index (χ0v) is 16.0. The van der Waals surface area contributed by atoms with Gasteiger partial charge in [0.05, 0.1) is 30.6 Å². The molecule has 7 heteroatoms. The van der Waals surface area contributed by atoms with Crippen molar-refractivity contribution in [1.29, 1.82) is 0 Å². The summed E-state index contributed by atoms with van der Waals surface area (Å²) in [4.78, 5) is 24.6. The Kier molecular flexibility index (Phi) is 6.02. The summed E-state index contributed by atoms with van der Waals surface area (Å²) in [5, 5.41) is 7.02. The van der Waals surface area contributed by atoms with Crippen molar-refractivity contribution >= 4 is 17.6 Å². The van der Waals surface area contributed by atoms with E-state index in [1.54, 1.807) is 25.8 Å². The van der Waals surface area contributed by atoms with Crippen LogP contribution in [0.1, 0.15) is 29.4 Å². The van der Waals surface area contributed by atoms with Crippen LogP contribution >= 0.6 is 0 Å². The summed E-state index contributed by atoms with van der Waals surface area (Å²) in [5.41, 5.74) is 3.92. The first-order valence-corrected chi connectivity index (χ1v) is 8.37. The fourth-order valence-corrected chi connectivity index (χ4v) is 2.67. The number of rotatable bonds is 6. The second kappa shape index (κ2) is 8.03. The van der Waals surface area contributed by atoms with Crippen molar-refractivity contribution in [3.8, 4) is 5.75 Å². The Morgan fingerprint density at radius 1 is 1.27 bits per heavy atom. The quantitative estimate of drug-likeness (QED) is 0.801. The standard InChI is InChI=1S/C19H25N3O4/c1-11-7-8-16(25-6)15(9-11)10-17(23)26-14(4)19(24)20-18-12(2)21-22(5)13(18)3/h7-9,14H,10H2,1-6H3,(H,20,24)/t14-/m0/s1. The highest BCUT2D eigenvalue weighted by atomic mass is 16.5. The largest absolute Gasteiger partial charge is 0.496 e. The molecule has 1 N–H and O–H groups in total. The van der Waals surface area contributed by atoms with Gasteiger partial charge in [-0.3, -0.25) is 14.3 Å². The van der Waals surface area contributed by atoms with Crippen molar-refractivity contribution < 1.29 is 19.1 Å². The molecule has 0 saturated heterocycles. The van der Waals surface area contributed by atoms with Gasteiger partial charge in [-0.2, -0.15) is 5.10 Å². The van der Waals surface area contributed by atoms with E-state index in [4.69, 9.17) is 9.47 Å². The predicted octanol–water partition coefficient (Wildman–Crippen LogP) is 2.47. The fraction of sp³-hybridized carbons (Fsp3) is 0.421. The van der Waals surface area contributed by atoms with Gasteiger partial charge in [0.1, 0.15) is 5.75 Å². The van der Waals surface area contributed by atoms with Crippen molar-refractivity contribution in [2.75, 3.05) is 12.4 Å². The van der Waals surface area contributed by atoms with Crippen LogP contribution in [0.2, 0.25) is 0 Å². The van der Waals surface area contributed by atoms with Crippen molar-refractivity contribution in [1.82, 2.24) is 9.78 Å². The van der Waals surface area contributed by atoms with Gasteiger partial charge in [0.15, 0.2) is 6.10 Å². The number of aromatic nitrogens is 2. The Labute approximate surface area is 153 Å². The number of benzene rings is 1. The van der Waals surface area contributed by atoms with Gasteiger partial charge in [-0.05, 0) is 33.8 Å². The lowest BCUT2D eigenvalue weighted by molar-refractivity contribution is -0.152. The van der Waals surface area contributed by atoms with Crippen molar-refractivity contribution in [3.63, 3.8) is 0 Å². The molecule has 0 radical (unpaired) electrons. The summed E-state index contributed by atoms with van der Waals surface area (Å²) in [5.74, 6) is -0.267. The summed E-state index contributed by atoms with van der Waals surface area (Å²) >= 11 is 0. The molecule has 0 saturated carbocycles. The van der Waals surface area contributed by atoms with E-state index in [9.17, 15) is 9.59 Å². The van der Waals surface area contributed by atoms with Gasteiger partial charge in [-0.25, -0.2) is 0 Å². The molecule has 26 heavy (non-hydrogen) atoms. The Balaban J connectivity index is 2.00. The normalized spacial score (nSPS) is 11.8. The molecular formula is C19H25N3O4. The van der Waals surface area contributed by atoms with Crippen LogP contribution < -0.4 is 10.1 Å². The lowest BCUT2D eigenvalue weighted by Crippen LogP contribution is -2.30. The molecule has 140 valence electrons. The highest BCUT2D eigenvalue weighted by Gasteiger charge is 2.21. The third-order valence-corrected chi connectivity index (χ3v) is 4.21. The molecule has 0 spiro atoms. The number of carbonyl (C=O) groups is 2. The first kappa shape index (κ1) is 19.5. The average Bonchev–Trinajstić information content (AvgIpc) is 2.81. The number of hydrogen-bond acceptors (Lipinski definition) is 5. The molecule has 7 nitrogen and oxygen atoms in total. The summed E-state index contributed by atoms with van der Waals surface area (Å²) in [7, 11) is 3.35. The maximum atomic E-state index is 12.3. The van der Waals surface area contributed by atoms with E-state index in [-0.39, 0.29) is 6.42 Å². The van der Waals surface area contributed by atoms with Crippen LogP contribution in [0.15, 0.2) is 18.2 Å². The molecule has 0 bridgehead atoms. The van der Waals surface area contributed by atoms with Crippen molar-refractivity contribution in [2.24, 2.45) is 7.05 Å². The van der Waals surface area contributed by atoms with E-state index in [0.717, 1.165) is 16.8 Å².